The maximum atomic E-state index is 8.77. The van der Waals surface area contributed by atoms with E-state index < -0.39 is 0 Å². The van der Waals surface area contributed by atoms with Crippen LogP contribution >= 0.6 is 11.5 Å². The van der Waals surface area contributed by atoms with Crippen LogP contribution in [-0.4, -0.2) is 21.2 Å². The molecule has 0 radical (unpaired) electrons. The molecule has 0 unspecified atom stereocenters. The Morgan fingerprint density at radius 2 is 2.45 bits per heavy atom. The van der Waals surface area contributed by atoms with Gasteiger partial charge in [-0.05, 0) is 6.42 Å². The first-order valence-electron chi connectivity index (χ1n) is 3.54. The molecule has 0 aromatic carbocycles. The molecule has 5 heteroatoms. The van der Waals surface area contributed by atoms with Crippen molar-refractivity contribution in [2.24, 2.45) is 0 Å². The molecule has 11 heavy (non-hydrogen) atoms. The predicted molar refractivity (Wildman–Crippen MR) is 44.6 cm³/mol. The van der Waals surface area contributed by atoms with Crippen LogP contribution in [0, 0.1) is 0 Å². The molecule has 1 aromatic heterocycles. The lowest BCUT2D eigenvalue weighted by Gasteiger charge is -1.99. The highest BCUT2D eigenvalue weighted by molar-refractivity contribution is 7.10. The minimum absolute atomic E-state index is 0.0391. The molecular weight excluding hydrogens is 162 g/mol. The molecule has 0 aliphatic heterocycles. The second-order valence-corrected chi connectivity index (χ2v) is 2.89. The summed E-state index contributed by atoms with van der Waals surface area (Å²) in [6.45, 7) is 2.94. The number of nitrogens with one attached hydrogen (secondary N) is 1. The van der Waals surface area contributed by atoms with Gasteiger partial charge in [0.1, 0.15) is 10.7 Å². The highest BCUT2D eigenvalue weighted by Crippen LogP contribution is 2.16. The van der Waals surface area contributed by atoms with Crippen LogP contribution in [0.25, 0.3) is 0 Å². The first kappa shape index (κ1) is 8.42. The van der Waals surface area contributed by atoms with E-state index in [4.69, 9.17) is 5.11 Å². The summed E-state index contributed by atoms with van der Waals surface area (Å²) in [7, 11) is 0. The highest BCUT2D eigenvalue weighted by atomic mass is 32.1. The molecule has 0 saturated carbocycles. The maximum Gasteiger partial charge on any atom is 0.135 e. The van der Waals surface area contributed by atoms with Crippen molar-refractivity contribution < 1.29 is 5.11 Å². The van der Waals surface area contributed by atoms with Crippen LogP contribution in [-0.2, 0) is 6.61 Å². The summed E-state index contributed by atoms with van der Waals surface area (Å²) in [4.78, 5) is 0. The van der Waals surface area contributed by atoms with Gasteiger partial charge in [0.05, 0.1) is 6.61 Å². The van der Waals surface area contributed by atoms with E-state index in [1.54, 1.807) is 0 Å². The molecule has 0 aliphatic carbocycles. The number of anilines is 1. The molecule has 0 spiro atoms. The molecule has 0 saturated heterocycles. The summed E-state index contributed by atoms with van der Waals surface area (Å²) in [5.41, 5.74) is 0.642. The van der Waals surface area contributed by atoms with Crippen LogP contribution in [0.15, 0.2) is 0 Å². The molecule has 62 valence electrons. The number of aliphatic hydroxyl groups is 1. The number of aliphatic hydroxyl groups excluding tert-OH is 1. The standard InChI is InChI=1S/C6H11N3OS/c1-2-3-7-6-5(4-10)8-9-11-6/h7,10H,2-4H2,1H3. The van der Waals surface area contributed by atoms with Crippen molar-refractivity contribution in [2.45, 2.75) is 20.0 Å². The van der Waals surface area contributed by atoms with Crippen molar-refractivity contribution in [3.63, 3.8) is 0 Å². The van der Waals surface area contributed by atoms with Gasteiger partial charge in [-0.25, -0.2) is 0 Å². The number of nitrogens with zero attached hydrogens (tertiary/aromatic N) is 2. The predicted octanol–water partition coefficient (Wildman–Crippen LogP) is 0.852. The summed E-state index contributed by atoms with van der Waals surface area (Å²) < 4.78 is 3.72. The molecule has 1 aromatic rings. The quantitative estimate of drug-likeness (QED) is 0.708. The lowest BCUT2D eigenvalue weighted by atomic mass is 10.4. The second-order valence-electron chi connectivity index (χ2n) is 2.13. The van der Waals surface area contributed by atoms with E-state index in [0.29, 0.717) is 5.69 Å². The van der Waals surface area contributed by atoms with Crippen molar-refractivity contribution in [2.75, 3.05) is 11.9 Å². The molecule has 1 heterocycles. The van der Waals surface area contributed by atoms with Crippen LogP contribution in [0.3, 0.4) is 0 Å². The number of hydrogen-bond acceptors (Lipinski definition) is 5. The number of aromatic nitrogens is 2. The third-order valence-corrected chi connectivity index (χ3v) is 1.97. The van der Waals surface area contributed by atoms with E-state index in [1.807, 2.05) is 0 Å². The first-order chi connectivity index (χ1) is 5.38. The van der Waals surface area contributed by atoms with Crippen molar-refractivity contribution >= 4 is 16.5 Å². The van der Waals surface area contributed by atoms with Crippen LogP contribution in [0.4, 0.5) is 5.00 Å². The fourth-order valence-corrected chi connectivity index (χ4v) is 1.28. The summed E-state index contributed by atoms with van der Waals surface area (Å²) >= 11 is 1.28. The van der Waals surface area contributed by atoms with E-state index in [2.05, 4.69) is 21.8 Å². The molecular formula is C6H11N3OS. The second kappa shape index (κ2) is 4.25. The van der Waals surface area contributed by atoms with Gasteiger partial charge in [0, 0.05) is 18.1 Å². The van der Waals surface area contributed by atoms with Gasteiger partial charge in [-0.2, -0.15) is 0 Å². The lowest BCUT2D eigenvalue weighted by molar-refractivity contribution is 0.277. The van der Waals surface area contributed by atoms with Gasteiger partial charge < -0.3 is 10.4 Å². The molecule has 0 amide bonds. The molecule has 2 N–H and O–H groups in total. The lowest BCUT2D eigenvalue weighted by Crippen LogP contribution is -2.00. The third-order valence-electron chi connectivity index (χ3n) is 1.24. The number of hydrogen-bond donors (Lipinski definition) is 2. The Hall–Kier alpha value is -0.680. The summed E-state index contributed by atoms with van der Waals surface area (Å²) in [5.74, 6) is 0. The molecule has 0 atom stereocenters. The first-order valence-corrected chi connectivity index (χ1v) is 4.31. The molecule has 0 fully saturated rings. The van der Waals surface area contributed by atoms with Crippen LogP contribution in [0.5, 0.6) is 0 Å². The molecule has 0 aliphatic rings. The zero-order valence-corrected chi connectivity index (χ0v) is 7.19. The topological polar surface area (TPSA) is 58.0 Å². The zero-order chi connectivity index (χ0) is 8.10. The Labute approximate surface area is 69.4 Å². The summed E-state index contributed by atoms with van der Waals surface area (Å²) in [6.07, 6.45) is 1.06. The van der Waals surface area contributed by atoms with Gasteiger partial charge in [-0.15, -0.1) is 5.10 Å². The van der Waals surface area contributed by atoms with E-state index >= 15 is 0 Å². The maximum absolute atomic E-state index is 8.77. The SMILES string of the molecule is CCCNc1snnc1CO. The minimum Gasteiger partial charge on any atom is -0.390 e. The van der Waals surface area contributed by atoms with Gasteiger partial charge >= 0.3 is 0 Å². The van der Waals surface area contributed by atoms with E-state index in [1.165, 1.54) is 11.5 Å². The summed E-state index contributed by atoms with van der Waals surface area (Å²) in [5, 5.41) is 16.5. The van der Waals surface area contributed by atoms with Crippen LogP contribution in [0.2, 0.25) is 0 Å². The van der Waals surface area contributed by atoms with Crippen molar-refractivity contribution in [3.05, 3.63) is 5.69 Å². The Bertz CT molecular complexity index is 213. The minimum atomic E-state index is -0.0391. The van der Waals surface area contributed by atoms with Gasteiger partial charge in [0.2, 0.25) is 0 Å². The highest BCUT2D eigenvalue weighted by Gasteiger charge is 2.03. The average molecular weight is 173 g/mol. The molecule has 1 rings (SSSR count). The van der Waals surface area contributed by atoms with Crippen molar-refractivity contribution in [1.29, 1.82) is 0 Å². The normalized spacial score (nSPS) is 10.0. The van der Waals surface area contributed by atoms with Crippen LogP contribution < -0.4 is 5.32 Å². The Morgan fingerprint density at radius 1 is 1.64 bits per heavy atom. The monoisotopic (exact) mass is 173 g/mol. The van der Waals surface area contributed by atoms with E-state index in [-0.39, 0.29) is 6.61 Å². The third kappa shape index (κ3) is 2.13. The molecule has 0 bridgehead atoms. The van der Waals surface area contributed by atoms with E-state index in [9.17, 15) is 0 Å². The number of rotatable bonds is 4. The Kier molecular flexibility index (Phi) is 3.25. The van der Waals surface area contributed by atoms with Crippen LogP contribution in [0.1, 0.15) is 19.0 Å². The van der Waals surface area contributed by atoms with Gasteiger partial charge in [0.15, 0.2) is 0 Å². The average Bonchev–Trinajstić information content (AvgIpc) is 2.47. The molecule has 4 nitrogen and oxygen atoms in total. The van der Waals surface area contributed by atoms with E-state index in [0.717, 1.165) is 18.0 Å². The fraction of sp³-hybridized carbons (Fsp3) is 0.667. The largest absolute Gasteiger partial charge is 0.390 e. The Morgan fingerprint density at radius 3 is 3.09 bits per heavy atom. The zero-order valence-electron chi connectivity index (χ0n) is 6.37. The smallest absolute Gasteiger partial charge is 0.135 e. The van der Waals surface area contributed by atoms with Crippen molar-refractivity contribution in [3.8, 4) is 0 Å². The summed E-state index contributed by atoms with van der Waals surface area (Å²) in [6, 6.07) is 0. The van der Waals surface area contributed by atoms with Crippen molar-refractivity contribution in [1.82, 2.24) is 9.59 Å². The van der Waals surface area contributed by atoms with Gasteiger partial charge in [0.25, 0.3) is 0 Å². The van der Waals surface area contributed by atoms with Gasteiger partial charge in [-0.1, -0.05) is 11.4 Å². The fourth-order valence-electron chi connectivity index (χ4n) is 0.685. The van der Waals surface area contributed by atoms with Gasteiger partial charge in [-0.3, -0.25) is 0 Å². The Balaban J connectivity index is 2.54.